The average Bonchev–Trinajstić information content (AvgIpc) is 2.84. The third-order valence-electron chi connectivity index (χ3n) is 8.42. The molecule has 250 valence electrons. The summed E-state index contributed by atoms with van der Waals surface area (Å²) < 4.78 is 21.8. The molecule has 0 amide bonds. The maximum Gasteiger partial charge on any atom is 0.332 e. The Morgan fingerprint density at radius 2 is 0.886 bits per heavy atom. The molecule has 2 rings (SSSR count). The zero-order chi connectivity index (χ0) is 33.3. The van der Waals surface area contributed by atoms with Gasteiger partial charge in [-0.2, -0.15) is 0 Å². The molecule has 0 spiro atoms. The summed E-state index contributed by atoms with van der Waals surface area (Å²) in [7, 11) is 0. The normalized spacial score (nSPS) is 21.3. The zero-order valence-electron chi connectivity index (χ0n) is 28.7. The van der Waals surface area contributed by atoms with Crippen LogP contribution in [-0.4, -0.2) is 81.3 Å². The maximum atomic E-state index is 12.7. The Balaban J connectivity index is 1.81. The highest BCUT2D eigenvalue weighted by atomic mass is 16.6. The first-order valence-corrected chi connectivity index (χ1v) is 16.0. The van der Waals surface area contributed by atoms with Crippen molar-refractivity contribution in [2.24, 2.45) is 0 Å². The second-order valence-corrected chi connectivity index (χ2v) is 14.4. The molecule has 2 heterocycles. The number of ether oxygens (including phenoxy) is 4. The number of unbranched alkanes of at least 4 members (excludes halogenated alkanes) is 1. The highest BCUT2D eigenvalue weighted by Crippen LogP contribution is 2.41. The van der Waals surface area contributed by atoms with Crippen molar-refractivity contribution < 1.29 is 38.1 Å². The van der Waals surface area contributed by atoms with Crippen LogP contribution < -0.4 is 0 Å². The predicted octanol–water partition coefficient (Wildman–Crippen LogP) is 5.83. The van der Waals surface area contributed by atoms with Gasteiger partial charge in [-0.05, 0) is 82.1 Å². The van der Waals surface area contributed by atoms with Crippen molar-refractivity contribution in [1.82, 2.24) is 9.80 Å². The maximum absolute atomic E-state index is 12.7. The van der Waals surface area contributed by atoms with Gasteiger partial charge >= 0.3 is 23.9 Å². The first-order chi connectivity index (χ1) is 20.3. The summed E-state index contributed by atoms with van der Waals surface area (Å²) in [5.74, 6) is -1.29. The van der Waals surface area contributed by atoms with Gasteiger partial charge in [0.15, 0.2) is 0 Å². The molecule has 0 N–H and O–H groups in total. The first kappa shape index (κ1) is 37.1. The molecule has 0 aliphatic carbocycles. The van der Waals surface area contributed by atoms with Crippen LogP contribution in [0.15, 0.2) is 24.6 Å². The van der Waals surface area contributed by atoms with Crippen molar-refractivity contribution in [3.8, 4) is 0 Å². The summed E-state index contributed by atoms with van der Waals surface area (Å²) in [6, 6.07) is 0. The lowest BCUT2D eigenvalue weighted by Crippen LogP contribution is -2.60. The Bertz CT molecular complexity index is 955. The third kappa shape index (κ3) is 10.8. The number of carbonyl (C=O) groups is 4. The Morgan fingerprint density at radius 3 is 1.16 bits per heavy atom. The second kappa shape index (κ2) is 15.3. The highest BCUT2D eigenvalue weighted by molar-refractivity contribution is 5.82. The van der Waals surface area contributed by atoms with E-state index in [1.54, 1.807) is 26.2 Å². The highest BCUT2D eigenvalue weighted by Gasteiger charge is 2.46. The van der Waals surface area contributed by atoms with Crippen LogP contribution in [0.1, 0.15) is 121 Å². The molecule has 0 saturated carbocycles. The lowest BCUT2D eigenvalue weighted by atomic mass is 9.78. The fourth-order valence-corrected chi connectivity index (χ4v) is 7.06. The quantitative estimate of drug-likeness (QED) is 0.108. The summed E-state index contributed by atoms with van der Waals surface area (Å²) in [5, 5.41) is 0. The number of rotatable bonds is 13. The van der Waals surface area contributed by atoms with Crippen LogP contribution in [0, 0.1) is 0 Å². The van der Waals surface area contributed by atoms with Gasteiger partial charge < -0.3 is 28.7 Å². The second-order valence-electron chi connectivity index (χ2n) is 14.4. The Morgan fingerprint density at radius 1 is 0.591 bits per heavy atom. The minimum Gasteiger partial charge on any atom is -0.463 e. The summed E-state index contributed by atoms with van der Waals surface area (Å²) >= 11 is 0. The molecule has 10 heteroatoms. The SMILES string of the molecule is CCOC(=O)/C=C/N1C(C)(C)CC(OC(=O)CCCCC(=O)OC2CC(C)(C)N(/C=C/C(=O)OCC)C(C)(C)C2)CC1(C)C. The smallest absolute Gasteiger partial charge is 0.332 e. The summed E-state index contributed by atoms with van der Waals surface area (Å²) in [5.41, 5.74) is -1.35. The van der Waals surface area contributed by atoms with Crippen LogP contribution in [0.3, 0.4) is 0 Å². The standard InChI is InChI=1S/C34H56N2O8/c1-11-41-27(37)17-19-35-31(3,4)21-25(22-32(35,5)6)43-29(39)15-13-14-16-30(40)44-26-23-33(7,8)36(34(9,10)24-26)20-18-28(38)42-12-2/h17-20,25-26H,11-16,21-24H2,1-10H3/b19-17+,20-18+. The van der Waals surface area contributed by atoms with Gasteiger partial charge in [-0.25, -0.2) is 9.59 Å². The van der Waals surface area contributed by atoms with E-state index in [9.17, 15) is 19.2 Å². The van der Waals surface area contributed by atoms with E-state index < -0.39 is 0 Å². The van der Waals surface area contributed by atoms with Gasteiger partial charge in [-0.15, -0.1) is 0 Å². The van der Waals surface area contributed by atoms with E-state index >= 15 is 0 Å². The van der Waals surface area contributed by atoms with E-state index in [0.29, 0.717) is 51.7 Å². The van der Waals surface area contributed by atoms with Gasteiger partial charge in [0, 0.05) is 85.2 Å². The number of hydrogen-bond acceptors (Lipinski definition) is 10. The third-order valence-corrected chi connectivity index (χ3v) is 8.42. The molecule has 0 aromatic carbocycles. The molecule has 0 aromatic heterocycles. The molecule has 0 unspecified atom stereocenters. The van der Waals surface area contributed by atoms with Crippen molar-refractivity contribution in [2.45, 2.75) is 155 Å². The molecule has 0 bridgehead atoms. The average molecular weight is 621 g/mol. The van der Waals surface area contributed by atoms with Gasteiger partial charge in [0.25, 0.3) is 0 Å². The Hall–Kier alpha value is -3.04. The van der Waals surface area contributed by atoms with Crippen molar-refractivity contribution in [3.63, 3.8) is 0 Å². The topological polar surface area (TPSA) is 112 Å². The van der Waals surface area contributed by atoms with Gasteiger partial charge in [0.2, 0.25) is 0 Å². The molecule has 10 nitrogen and oxygen atoms in total. The van der Waals surface area contributed by atoms with E-state index in [4.69, 9.17) is 18.9 Å². The van der Waals surface area contributed by atoms with Gasteiger partial charge in [-0.3, -0.25) is 9.59 Å². The number of likely N-dealkylation sites (tertiary alicyclic amines) is 2. The summed E-state index contributed by atoms with van der Waals surface area (Å²) in [6.07, 6.45) is 10.0. The first-order valence-electron chi connectivity index (χ1n) is 16.0. The van der Waals surface area contributed by atoms with E-state index in [0.717, 1.165) is 0 Å². The van der Waals surface area contributed by atoms with Crippen LogP contribution >= 0.6 is 0 Å². The fourth-order valence-electron chi connectivity index (χ4n) is 7.06. The molecule has 0 atom stereocenters. The molecule has 44 heavy (non-hydrogen) atoms. The van der Waals surface area contributed by atoms with Crippen LogP contribution in [0.2, 0.25) is 0 Å². The van der Waals surface area contributed by atoms with Crippen molar-refractivity contribution in [2.75, 3.05) is 13.2 Å². The van der Waals surface area contributed by atoms with Crippen molar-refractivity contribution in [1.29, 1.82) is 0 Å². The number of esters is 4. The largest absolute Gasteiger partial charge is 0.463 e. The zero-order valence-corrected chi connectivity index (χ0v) is 28.7. The molecule has 0 aromatic rings. The lowest BCUT2D eigenvalue weighted by molar-refractivity contribution is -0.160. The van der Waals surface area contributed by atoms with Crippen LogP contribution in [0.25, 0.3) is 0 Å². The molecule has 0 radical (unpaired) electrons. The molecular formula is C34H56N2O8. The predicted molar refractivity (Wildman–Crippen MR) is 168 cm³/mol. The Labute approximate surface area is 264 Å². The van der Waals surface area contributed by atoms with E-state index in [-0.39, 0.29) is 71.1 Å². The van der Waals surface area contributed by atoms with E-state index in [2.05, 4.69) is 65.2 Å². The molecule has 2 aliphatic rings. The lowest BCUT2D eigenvalue weighted by Gasteiger charge is -2.54. The van der Waals surface area contributed by atoms with Gasteiger partial charge in [-0.1, -0.05) is 0 Å². The molecule has 2 aliphatic heterocycles. The summed E-state index contributed by atoms with van der Waals surface area (Å²) in [4.78, 5) is 53.4. The van der Waals surface area contributed by atoms with Crippen molar-refractivity contribution >= 4 is 23.9 Å². The van der Waals surface area contributed by atoms with Gasteiger partial charge in [0.05, 0.1) is 13.2 Å². The minimum atomic E-state index is -0.380. The fraction of sp³-hybridized carbons (Fsp3) is 0.765. The number of carbonyl (C=O) groups excluding carboxylic acids is 4. The van der Waals surface area contributed by atoms with Gasteiger partial charge in [0.1, 0.15) is 12.2 Å². The minimum absolute atomic E-state index is 0.238. The number of piperidine rings is 2. The van der Waals surface area contributed by atoms with Crippen LogP contribution in [-0.2, 0) is 38.1 Å². The molecular weight excluding hydrogens is 564 g/mol. The molecule has 2 fully saturated rings. The van der Waals surface area contributed by atoms with E-state index in [1.807, 2.05) is 0 Å². The Kier molecular flexibility index (Phi) is 12.9. The van der Waals surface area contributed by atoms with Crippen LogP contribution in [0.4, 0.5) is 0 Å². The number of nitrogens with zero attached hydrogens (tertiary/aromatic N) is 2. The van der Waals surface area contributed by atoms with Crippen LogP contribution in [0.5, 0.6) is 0 Å². The van der Waals surface area contributed by atoms with Crippen molar-refractivity contribution in [3.05, 3.63) is 24.6 Å². The number of hydrogen-bond donors (Lipinski definition) is 0. The monoisotopic (exact) mass is 620 g/mol. The molecule has 2 saturated heterocycles. The summed E-state index contributed by atoms with van der Waals surface area (Å²) in [6.45, 7) is 20.8. The van der Waals surface area contributed by atoms with E-state index in [1.165, 1.54) is 12.2 Å².